The van der Waals surface area contributed by atoms with Gasteiger partial charge in [-0.2, -0.15) is 0 Å². The Morgan fingerprint density at radius 3 is 2.07 bits per heavy atom. The summed E-state index contributed by atoms with van der Waals surface area (Å²) in [6, 6.07) is 14.6. The van der Waals surface area contributed by atoms with E-state index < -0.39 is 11.6 Å². The van der Waals surface area contributed by atoms with Crippen LogP contribution in [0.5, 0.6) is 11.5 Å². The normalized spacial score (nSPS) is 17.8. The molecule has 0 spiro atoms. The molecule has 1 aliphatic heterocycles. The number of likely N-dealkylation sites (tertiary alicyclic amines) is 1. The maximum Gasteiger partial charge on any atom is 0.307 e. The van der Waals surface area contributed by atoms with Crippen LogP contribution in [0.4, 0.5) is 0 Å². The monoisotopic (exact) mass is 411 g/mol. The van der Waals surface area contributed by atoms with Crippen molar-refractivity contribution in [2.45, 2.75) is 18.4 Å². The van der Waals surface area contributed by atoms with Gasteiger partial charge in [0, 0.05) is 13.1 Å². The first-order chi connectivity index (χ1) is 14.5. The molecule has 1 saturated heterocycles. The Kier molecular flexibility index (Phi) is 7.13. The first kappa shape index (κ1) is 21.9. The van der Waals surface area contributed by atoms with Crippen LogP contribution in [0.1, 0.15) is 24.0 Å². The molecule has 2 aromatic carbocycles. The van der Waals surface area contributed by atoms with Gasteiger partial charge in [-0.05, 0) is 60.9 Å². The summed E-state index contributed by atoms with van der Waals surface area (Å²) in [7, 11) is 3.21. The van der Waals surface area contributed by atoms with Crippen molar-refractivity contribution in [2.75, 3.05) is 33.9 Å². The van der Waals surface area contributed by atoms with Gasteiger partial charge in [0.05, 0.1) is 20.1 Å². The number of carboxylic acid groups (broad SMARTS) is 1. The van der Waals surface area contributed by atoms with E-state index in [1.54, 1.807) is 20.3 Å². The lowest BCUT2D eigenvalue weighted by Gasteiger charge is -2.30. The summed E-state index contributed by atoms with van der Waals surface area (Å²) in [6.45, 7) is 1.97. The lowest BCUT2D eigenvalue weighted by atomic mass is 9.85. The molecule has 2 N–H and O–H groups in total. The Hall–Kier alpha value is -2.83. The van der Waals surface area contributed by atoms with E-state index in [1.807, 2.05) is 54.6 Å². The zero-order valence-electron chi connectivity index (χ0n) is 17.5. The van der Waals surface area contributed by atoms with E-state index >= 15 is 0 Å². The number of rotatable bonds is 8. The Morgan fingerprint density at radius 1 is 1.07 bits per heavy atom. The topological polar surface area (TPSA) is 79.2 Å². The van der Waals surface area contributed by atoms with Gasteiger partial charge in [0.15, 0.2) is 0 Å². The van der Waals surface area contributed by atoms with Crippen LogP contribution in [-0.2, 0) is 10.4 Å². The van der Waals surface area contributed by atoms with Crippen LogP contribution in [-0.4, -0.2) is 54.9 Å². The highest BCUT2D eigenvalue weighted by Gasteiger charge is 2.29. The van der Waals surface area contributed by atoms with Crippen molar-refractivity contribution in [3.63, 3.8) is 0 Å². The molecule has 160 valence electrons. The number of methoxy groups -OCH3 is 2. The van der Waals surface area contributed by atoms with Crippen LogP contribution in [0.15, 0.2) is 60.7 Å². The molecule has 1 atom stereocenters. The Balaban J connectivity index is 1.84. The number of carbonyl (C=O) groups is 1. The van der Waals surface area contributed by atoms with Crippen LogP contribution in [0.2, 0.25) is 0 Å². The maximum atomic E-state index is 11.7. The van der Waals surface area contributed by atoms with Crippen molar-refractivity contribution >= 4 is 5.97 Å². The van der Waals surface area contributed by atoms with Crippen LogP contribution < -0.4 is 9.47 Å². The van der Waals surface area contributed by atoms with E-state index in [2.05, 4.69) is 4.90 Å². The zero-order valence-corrected chi connectivity index (χ0v) is 17.5. The minimum atomic E-state index is -1.33. The fourth-order valence-corrected chi connectivity index (χ4v) is 3.84. The maximum absolute atomic E-state index is 11.7. The molecular weight excluding hydrogens is 382 g/mol. The first-order valence-corrected chi connectivity index (χ1v) is 10.1. The molecule has 0 bridgehead atoms. The number of benzene rings is 2. The summed E-state index contributed by atoms with van der Waals surface area (Å²) in [5, 5.41) is 21.0. The molecule has 30 heavy (non-hydrogen) atoms. The van der Waals surface area contributed by atoms with Crippen LogP contribution >= 0.6 is 0 Å². The Bertz CT molecular complexity index is 813. The summed E-state index contributed by atoms with van der Waals surface area (Å²) < 4.78 is 10.5. The number of hydrogen-bond donors (Lipinski definition) is 2. The highest BCUT2D eigenvalue weighted by molar-refractivity contribution is 5.70. The van der Waals surface area contributed by atoms with Crippen molar-refractivity contribution in [1.82, 2.24) is 4.90 Å². The number of hydrogen-bond acceptors (Lipinski definition) is 5. The fourth-order valence-electron chi connectivity index (χ4n) is 3.84. The third-order valence-electron chi connectivity index (χ3n) is 5.64. The largest absolute Gasteiger partial charge is 0.497 e. The standard InChI is InChI=1S/C24H29NO5/c1-29-21-10-6-19(7-11-21)24(28,20-8-12-22(30-2)13-9-20)14-4-16-25-15-3-5-18(17-25)23(26)27/h4,6-14,18,28H,3,5,15-17H2,1-2H3,(H,26,27)/b14-4+. The average Bonchev–Trinajstić information content (AvgIpc) is 2.79. The van der Waals surface area contributed by atoms with Gasteiger partial charge in [0.2, 0.25) is 0 Å². The molecule has 6 heteroatoms. The number of aliphatic hydroxyl groups is 1. The number of carboxylic acids is 1. The SMILES string of the molecule is COc1ccc(C(O)(/C=C/CN2CCCC(C(=O)O)C2)c2ccc(OC)cc2)cc1. The highest BCUT2D eigenvalue weighted by atomic mass is 16.5. The number of aliphatic carboxylic acids is 1. The van der Waals surface area contributed by atoms with Gasteiger partial charge < -0.3 is 19.7 Å². The third kappa shape index (κ3) is 5.01. The van der Waals surface area contributed by atoms with Gasteiger partial charge in [0.25, 0.3) is 0 Å². The average molecular weight is 411 g/mol. The van der Waals surface area contributed by atoms with E-state index in [9.17, 15) is 15.0 Å². The van der Waals surface area contributed by atoms with Gasteiger partial charge in [-0.3, -0.25) is 9.69 Å². The van der Waals surface area contributed by atoms with E-state index in [1.165, 1.54) is 0 Å². The molecule has 1 aliphatic rings. The highest BCUT2D eigenvalue weighted by Crippen LogP contribution is 2.33. The van der Waals surface area contributed by atoms with Crippen molar-refractivity contribution in [3.8, 4) is 11.5 Å². The quantitative estimate of drug-likeness (QED) is 0.649. The van der Waals surface area contributed by atoms with Gasteiger partial charge in [-0.1, -0.05) is 30.3 Å². The molecule has 0 aromatic heterocycles. The minimum absolute atomic E-state index is 0.325. The smallest absolute Gasteiger partial charge is 0.307 e. The summed E-state index contributed by atoms with van der Waals surface area (Å²) in [5.74, 6) is 0.367. The first-order valence-electron chi connectivity index (χ1n) is 10.1. The molecule has 0 amide bonds. The predicted molar refractivity (Wildman–Crippen MR) is 115 cm³/mol. The van der Waals surface area contributed by atoms with E-state index in [0.29, 0.717) is 35.7 Å². The molecule has 3 rings (SSSR count). The molecule has 1 unspecified atom stereocenters. The molecule has 1 fully saturated rings. The van der Waals surface area contributed by atoms with E-state index in [4.69, 9.17) is 9.47 Å². The number of ether oxygens (including phenoxy) is 2. The summed E-state index contributed by atoms with van der Waals surface area (Å²) in [4.78, 5) is 13.4. The van der Waals surface area contributed by atoms with Crippen molar-refractivity contribution in [3.05, 3.63) is 71.8 Å². The second kappa shape index (κ2) is 9.78. The van der Waals surface area contributed by atoms with Crippen molar-refractivity contribution in [1.29, 1.82) is 0 Å². The lowest BCUT2D eigenvalue weighted by Crippen LogP contribution is -2.38. The molecular formula is C24H29NO5. The Labute approximate surface area is 177 Å². The van der Waals surface area contributed by atoms with Gasteiger partial charge in [0.1, 0.15) is 17.1 Å². The number of piperidine rings is 1. The summed E-state index contributed by atoms with van der Waals surface area (Å²) in [5.41, 5.74) is 0.0964. The van der Waals surface area contributed by atoms with Gasteiger partial charge in [-0.25, -0.2) is 0 Å². The minimum Gasteiger partial charge on any atom is -0.497 e. The second-order valence-electron chi connectivity index (χ2n) is 7.56. The van der Waals surface area contributed by atoms with Crippen LogP contribution in [0, 0.1) is 5.92 Å². The van der Waals surface area contributed by atoms with E-state index in [-0.39, 0.29) is 5.92 Å². The molecule has 1 heterocycles. The molecule has 2 aromatic rings. The second-order valence-corrected chi connectivity index (χ2v) is 7.56. The van der Waals surface area contributed by atoms with E-state index in [0.717, 1.165) is 19.4 Å². The summed E-state index contributed by atoms with van der Waals surface area (Å²) in [6.07, 6.45) is 5.28. The Morgan fingerprint density at radius 2 is 1.60 bits per heavy atom. The van der Waals surface area contributed by atoms with Gasteiger partial charge in [-0.15, -0.1) is 0 Å². The number of nitrogens with zero attached hydrogens (tertiary/aromatic N) is 1. The third-order valence-corrected chi connectivity index (χ3v) is 5.64. The molecule has 0 saturated carbocycles. The van der Waals surface area contributed by atoms with Gasteiger partial charge >= 0.3 is 5.97 Å². The summed E-state index contributed by atoms with van der Waals surface area (Å²) >= 11 is 0. The molecule has 0 aliphatic carbocycles. The van der Waals surface area contributed by atoms with Crippen LogP contribution in [0.25, 0.3) is 0 Å². The molecule has 6 nitrogen and oxygen atoms in total. The zero-order chi connectivity index (χ0) is 21.6. The fraction of sp³-hybridized carbons (Fsp3) is 0.375. The van der Waals surface area contributed by atoms with Crippen molar-refractivity contribution in [2.24, 2.45) is 5.92 Å². The molecule has 0 radical (unpaired) electrons. The van der Waals surface area contributed by atoms with Crippen LogP contribution in [0.3, 0.4) is 0 Å². The van der Waals surface area contributed by atoms with Crippen molar-refractivity contribution < 1.29 is 24.5 Å². The lowest BCUT2D eigenvalue weighted by molar-refractivity contribution is -0.143. The predicted octanol–water partition coefficient (Wildman–Crippen LogP) is 3.29.